The molecule has 39 heavy (non-hydrogen) atoms. The Morgan fingerprint density at radius 3 is 2.41 bits per heavy atom. The molecule has 196 valence electrons. The molecular formula is C32H31N5OS. The van der Waals surface area contributed by atoms with Gasteiger partial charge in [-0.05, 0) is 84.8 Å². The maximum atomic E-state index is 11.7. The van der Waals surface area contributed by atoms with E-state index in [1.807, 2.05) is 6.92 Å². The molecule has 3 N–H and O–H groups in total. The molecule has 0 aliphatic carbocycles. The fourth-order valence-electron chi connectivity index (χ4n) is 5.31. The van der Waals surface area contributed by atoms with Crippen LogP contribution < -0.4 is 11.1 Å². The molecule has 0 fully saturated rings. The van der Waals surface area contributed by atoms with E-state index in [4.69, 9.17) is 5.73 Å². The fraction of sp³-hybridized carbons (Fsp3) is 0.188. The van der Waals surface area contributed by atoms with Gasteiger partial charge in [0.25, 0.3) is 5.91 Å². The van der Waals surface area contributed by atoms with Gasteiger partial charge in [-0.25, -0.2) is 4.68 Å². The lowest BCUT2D eigenvalue weighted by atomic mass is 9.99. The Labute approximate surface area is 232 Å². The number of hydrogen-bond donors (Lipinski definition) is 2. The predicted molar refractivity (Wildman–Crippen MR) is 161 cm³/mol. The molecule has 1 amide bonds. The van der Waals surface area contributed by atoms with Gasteiger partial charge in [-0.1, -0.05) is 42.5 Å². The topological polar surface area (TPSA) is 77.9 Å². The number of nitrogens with one attached hydrogen (secondary N) is 1. The molecule has 0 atom stereocenters. The zero-order valence-electron chi connectivity index (χ0n) is 22.1. The summed E-state index contributed by atoms with van der Waals surface area (Å²) >= 11 is 1.76. The van der Waals surface area contributed by atoms with E-state index in [0.29, 0.717) is 0 Å². The largest absolute Gasteiger partial charge is 0.364 e. The summed E-state index contributed by atoms with van der Waals surface area (Å²) in [6.07, 6.45) is 7.66. The quantitative estimate of drug-likeness (QED) is 0.250. The summed E-state index contributed by atoms with van der Waals surface area (Å²) in [5.41, 5.74) is 15.0. The highest BCUT2D eigenvalue weighted by Gasteiger charge is 2.17. The Morgan fingerprint density at radius 2 is 1.77 bits per heavy atom. The van der Waals surface area contributed by atoms with Gasteiger partial charge in [-0.2, -0.15) is 5.10 Å². The maximum Gasteiger partial charge on any atom is 0.269 e. The molecule has 0 spiro atoms. The zero-order valence-corrected chi connectivity index (χ0v) is 23.0. The van der Waals surface area contributed by atoms with Crippen LogP contribution in [0.5, 0.6) is 0 Å². The van der Waals surface area contributed by atoms with Crippen molar-refractivity contribution in [1.29, 1.82) is 0 Å². The molecule has 1 aliphatic rings. The molecule has 6 rings (SSSR count). The molecule has 3 aromatic carbocycles. The summed E-state index contributed by atoms with van der Waals surface area (Å²) in [5.74, 6) is -0.521. The lowest BCUT2D eigenvalue weighted by Gasteiger charge is -2.13. The van der Waals surface area contributed by atoms with Crippen LogP contribution in [0.15, 0.2) is 90.0 Å². The number of primary amides is 1. The lowest BCUT2D eigenvalue weighted by Crippen LogP contribution is -2.19. The molecule has 0 radical (unpaired) electrons. The Kier molecular flexibility index (Phi) is 6.85. The molecular weight excluding hydrogens is 502 g/mol. The van der Waals surface area contributed by atoms with E-state index in [0.717, 1.165) is 37.4 Å². The van der Waals surface area contributed by atoms with Gasteiger partial charge >= 0.3 is 0 Å². The molecule has 7 heteroatoms. The van der Waals surface area contributed by atoms with Crippen molar-refractivity contribution < 1.29 is 4.79 Å². The standard InChI is InChI=1S/C32H31N5OS/c1-21-17-30(32(33)38)35-37(21)26-9-12-31-28(18-26)29(25-13-15-34-16-14-25)20-36(31)19-22-3-5-23(6-4-22)24-7-10-27(39-2)11-8-24/h3-13,17-18,20,34H,14-16,19H2,1-2H3,(H2,33,38). The summed E-state index contributed by atoms with van der Waals surface area (Å²) in [6, 6.07) is 25.7. The fourth-order valence-corrected chi connectivity index (χ4v) is 5.72. The van der Waals surface area contributed by atoms with Crippen LogP contribution in [0.2, 0.25) is 0 Å². The molecule has 0 unspecified atom stereocenters. The molecule has 6 nitrogen and oxygen atoms in total. The van der Waals surface area contributed by atoms with Gasteiger partial charge in [-0.3, -0.25) is 4.79 Å². The number of nitrogens with zero attached hydrogens (tertiary/aromatic N) is 3. The molecule has 2 aromatic heterocycles. The maximum absolute atomic E-state index is 11.7. The first-order valence-corrected chi connectivity index (χ1v) is 14.4. The first-order valence-electron chi connectivity index (χ1n) is 13.1. The van der Waals surface area contributed by atoms with E-state index >= 15 is 0 Å². The SMILES string of the molecule is CSc1ccc(-c2ccc(Cn3cc(C4=CCNCC4)c4cc(-n5nc(C(N)=O)cc5C)ccc43)cc2)cc1. The van der Waals surface area contributed by atoms with Gasteiger partial charge in [0, 0.05) is 46.3 Å². The number of carbonyl (C=O) groups excluding carboxylic acids is 1. The third-order valence-electron chi connectivity index (χ3n) is 7.39. The van der Waals surface area contributed by atoms with Crippen molar-refractivity contribution in [2.45, 2.75) is 24.8 Å². The second-order valence-electron chi connectivity index (χ2n) is 9.93. The number of hydrogen-bond acceptors (Lipinski definition) is 4. The van der Waals surface area contributed by atoms with Gasteiger partial charge in [0.1, 0.15) is 0 Å². The van der Waals surface area contributed by atoms with Crippen molar-refractivity contribution >= 4 is 34.1 Å². The van der Waals surface area contributed by atoms with Crippen LogP contribution in [0.3, 0.4) is 0 Å². The first-order chi connectivity index (χ1) is 19.0. The highest BCUT2D eigenvalue weighted by atomic mass is 32.2. The monoisotopic (exact) mass is 533 g/mol. The molecule has 1 aliphatic heterocycles. The van der Waals surface area contributed by atoms with Crippen LogP contribution in [0, 0.1) is 6.92 Å². The Bertz CT molecular complexity index is 1690. The third-order valence-corrected chi connectivity index (χ3v) is 8.13. The molecule has 3 heterocycles. The third kappa shape index (κ3) is 5.03. The first kappa shape index (κ1) is 25.2. The number of aromatic nitrogens is 3. The smallest absolute Gasteiger partial charge is 0.269 e. The number of benzene rings is 3. The minimum Gasteiger partial charge on any atom is -0.364 e. The van der Waals surface area contributed by atoms with E-state index in [9.17, 15) is 4.79 Å². The second kappa shape index (κ2) is 10.6. The second-order valence-corrected chi connectivity index (χ2v) is 10.8. The van der Waals surface area contributed by atoms with E-state index in [1.54, 1.807) is 22.5 Å². The van der Waals surface area contributed by atoms with Crippen molar-refractivity contribution in [3.05, 3.63) is 108 Å². The van der Waals surface area contributed by atoms with Crippen LogP contribution >= 0.6 is 11.8 Å². The van der Waals surface area contributed by atoms with Gasteiger partial charge in [0.15, 0.2) is 5.69 Å². The minimum absolute atomic E-state index is 0.273. The predicted octanol–water partition coefficient (Wildman–Crippen LogP) is 6.05. The number of fused-ring (bicyclic) bond motifs is 1. The summed E-state index contributed by atoms with van der Waals surface area (Å²) in [6.45, 7) is 4.56. The number of amides is 1. The van der Waals surface area contributed by atoms with Crippen molar-refractivity contribution in [2.24, 2.45) is 5.73 Å². The van der Waals surface area contributed by atoms with Crippen molar-refractivity contribution in [1.82, 2.24) is 19.7 Å². The van der Waals surface area contributed by atoms with Crippen LogP contribution in [-0.2, 0) is 6.54 Å². The van der Waals surface area contributed by atoms with Crippen molar-refractivity contribution in [3.63, 3.8) is 0 Å². The molecule has 0 bridgehead atoms. The van der Waals surface area contributed by atoms with Crippen LogP contribution in [0.1, 0.15) is 33.7 Å². The molecule has 5 aromatic rings. The Morgan fingerprint density at radius 1 is 1.03 bits per heavy atom. The Hall–Kier alpha value is -4.07. The summed E-state index contributed by atoms with van der Waals surface area (Å²) in [5, 5.41) is 9.06. The normalized spacial score (nSPS) is 13.5. The number of rotatable bonds is 7. The van der Waals surface area contributed by atoms with Gasteiger partial charge in [-0.15, -0.1) is 11.8 Å². The van der Waals surface area contributed by atoms with Crippen LogP contribution in [0.4, 0.5) is 0 Å². The van der Waals surface area contributed by atoms with Crippen molar-refractivity contribution in [2.75, 3.05) is 19.3 Å². The molecule has 0 saturated carbocycles. The highest BCUT2D eigenvalue weighted by Crippen LogP contribution is 2.33. The number of carbonyl (C=O) groups is 1. The van der Waals surface area contributed by atoms with Crippen LogP contribution in [-0.4, -0.2) is 39.6 Å². The minimum atomic E-state index is -0.521. The number of aryl methyl sites for hydroxylation is 1. The zero-order chi connectivity index (χ0) is 26.9. The summed E-state index contributed by atoms with van der Waals surface area (Å²) in [4.78, 5) is 13.0. The highest BCUT2D eigenvalue weighted by molar-refractivity contribution is 7.98. The van der Waals surface area contributed by atoms with E-state index in [1.165, 1.54) is 43.6 Å². The average molecular weight is 534 g/mol. The molecule has 0 saturated heterocycles. The van der Waals surface area contributed by atoms with Crippen molar-refractivity contribution in [3.8, 4) is 16.8 Å². The van der Waals surface area contributed by atoms with Crippen LogP contribution in [0.25, 0.3) is 33.3 Å². The van der Waals surface area contributed by atoms with Gasteiger partial charge < -0.3 is 15.6 Å². The Balaban J connectivity index is 1.36. The van der Waals surface area contributed by atoms with E-state index in [-0.39, 0.29) is 5.69 Å². The van der Waals surface area contributed by atoms with E-state index < -0.39 is 5.91 Å². The summed E-state index contributed by atoms with van der Waals surface area (Å²) < 4.78 is 4.13. The number of thioether (sulfide) groups is 1. The average Bonchev–Trinajstić information content (AvgIpc) is 3.54. The van der Waals surface area contributed by atoms with E-state index in [2.05, 4.69) is 100 Å². The summed E-state index contributed by atoms with van der Waals surface area (Å²) in [7, 11) is 0. The van der Waals surface area contributed by atoms with Gasteiger partial charge in [0.05, 0.1) is 5.69 Å². The lowest BCUT2D eigenvalue weighted by molar-refractivity contribution is 0.0995. The number of nitrogens with two attached hydrogens (primary N) is 1. The van der Waals surface area contributed by atoms with Gasteiger partial charge in [0.2, 0.25) is 0 Å².